The van der Waals surface area contributed by atoms with Crippen LogP contribution in [-0.4, -0.2) is 41.8 Å². The first kappa shape index (κ1) is 23.1. The lowest BCUT2D eigenvalue weighted by atomic mass is 9.63. The maximum Gasteiger partial charge on any atom is 0.335 e. The third-order valence-corrected chi connectivity index (χ3v) is 6.21. The highest BCUT2D eigenvalue weighted by Gasteiger charge is 2.43. The van der Waals surface area contributed by atoms with Crippen molar-refractivity contribution in [3.05, 3.63) is 28.8 Å². The van der Waals surface area contributed by atoms with E-state index < -0.39 is 23.8 Å². The first-order valence-electron chi connectivity index (χ1n) is 10.8. The largest absolute Gasteiger partial charge is 0.393 e. The van der Waals surface area contributed by atoms with E-state index in [4.69, 9.17) is 0 Å². The molecule has 7 nitrogen and oxygen atoms in total. The third-order valence-electron chi connectivity index (χ3n) is 6.21. The number of aliphatic hydroxyl groups excluding tert-OH is 1. The van der Waals surface area contributed by atoms with E-state index in [2.05, 4.69) is 31.1 Å². The van der Waals surface area contributed by atoms with Gasteiger partial charge in [0.25, 0.3) is 5.91 Å². The van der Waals surface area contributed by atoms with Crippen LogP contribution in [0.5, 0.6) is 0 Å². The molecule has 0 bridgehead atoms. The molecule has 3 rings (SSSR count). The number of aryl methyl sites for hydroxylation is 3. The highest BCUT2D eigenvalue weighted by atomic mass is 16.3. The summed E-state index contributed by atoms with van der Waals surface area (Å²) < 4.78 is 0. The highest BCUT2D eigenvalue weighted by molar-refractivity contribution is 6.32. The van der Waals surface area contributed by atoms with Crippen LogP contribution in [-0.2, 0) is 9.59 Å². The van der Waals surface area contributed by atoms with Crippen LogP contribution in [0, 0.1) is 37.5 Å². The average Bonchev–Trinajstić information content (AvgIpc) is 2.57. The Kier molecular flexibility index (Phi) is 6.11. The van der Waals surface area contributed by atoms with Gasteiger partial charge in [-0.15, -0.1) is 0 Å². The van der Waals surface area contributed by atoms with E-state index in [0.717, 1.165) is 34.4 Å². The Balaban J connectivity index is 1.83. The lowest BCUT2D eigenvalue weighted by molar-refractivity contribution is -0.131. The standard InChI is InChI=1S/C24H33N3O4/c1-14-7-15(2)19(16(3)8-14)27-21(30)18(20(29)26-22(27)31)11-25-13-24(6)10-17(28)9-23(4,5)12-24/h7-8,11,17-18,28H,9-10,12-13H2,1-6H3,(H,26,29,31)/t17-,18-,24-/m1/s1. The maximum absolute atomic E-state index is 13.2. The molecule has 1 aromatic carbocycles. The molecule has 1 aliphatic carbocycles. The Hall–Kier alpha value is -2.54. The number of carbonyl (C=O) groups is 3. The van der Waals surface area contributed by atoms with Crippen LogP contribution in [0.25, 0.3) is 0 Å². The summed E-state index contributed by atoms with van der Waals surface area (Å²) >= 11 is 0. The van der Waals surface area contributed by atoms with E-state index in [1.54, 1.807) is 0 Å². The molecule has 3 atom stereocenters. The van der Waals surface area contributed by atoms with Crippen LogP contribution < -0.4 is 10.2 Å². The minimum Gasteiger partial charge on any atom is -0.393 e. The van der Waals surface area contributed by atoms with E-state index in [1.165, 1.54) is 6.21 Å². The van der Waals surface area contributed by atoms with Crippen LogP contribution in [0.2, 0.25) is 0 Å². The summed E-state index contributed by atoms with van der Waals surface area (Å²) in [6.07, 6.45) is 3.25. The normalized spacial score (nSPS) is 28.9. The van der Waals surface area contributed by atoms with Gasteiger partial charge in [0.15, 0.2) is 5.92 Å². The fourth-order valence-electron chi connectivity index (χ4n) is 5.54. The summed E-state index contributed by atoms with van der Waals surface area (Å²) in [4.78, 5) is 43.6. The number of anilines is 1. The molecular weight excluding hydrogens is 394 g/mol. The third kappa shape index (κ3) is 4.87. The van der Waals surface area contributed by atoms with Gasteiger partial charge in [-0.05, 0) is 62.0 Å². The molecule has 2 aliphatic rings. The Morgan fingerprint density at radius 2 is 1.74 bits per heavy atom. The molecule has 1 heterocycles. The summed E-state index contributed by atoms with van der Waals surface area (Å²) in [7, 11) is 0. The van der Waals surface area contributed by atoms with E-state index in [1.807, 2.05) is 32.9 Å². The molecule has 0 aromatic heterocycles. The Morgan fingerprint density at radius 3 is 2.32 bits per heavy atom. The molecule has 168 valence electrons. The SMILES string of the molecule is Cc1cc(C)c(N2C(=O)NC(=O)[C@@H](C=NC[C@]3(C)C[C@H](O)CC(C)(C)C3)C2=O)c(C)c1. The summed E-state index contributed by atoms with van der Waals surface area (Å²) in [6, 6.07) is 3.07. The van der Waals surface area contributed by atoms with Gasteiger partial charge in [0, 0.05) is 12.8 Å². The molecule has 1 aliphatic heterocycles. The van der Waals surface area contributed by atoms with Gasteiger partial charge < -0.3 is 5.11 Å². The second-order valence-electron chi connectivity index (χ2n) is 10.4. The Bertz CT molecular complexity index is 929. The summed E-state index contributed by atoms with van der Waals surface area (Å²) in [5.41, 5.74) is 2.90. The zero-order valence-electron chi connectivity index (χ0n) is 19.3. The predicted molar refractivity (Wildman–Crippen MR) is 120 cm³/mol. The van der Waals surface area contributed by atoms with Crippen molar-refractivity contribution in [2.75, 3.05) is 11.4 Å². The number of carbonyl (C=O) groups excluding carboxylic acids is 3. The average molecular weight is 428 g/mol. The minimum atomic E-state index is -1.16. The second-order valence-corrected chi connectivity index (χ2v) is 10.4. The van der Waals surface area contributed by atoms with Crippen molar-refractivity contribution in [3.8, 4) is 0 Å². The van der Waals surface area contributed by atoms with Gasteiger partial charge in [0.2, 0.25) is 5.91 Å². The fourth-order valence-corrected chi connectivity index (χ4v) is 5.54. The Labute approximate surface area is 183 Å². The van der Waals surface area contributed by atoms with Crippen LogP contribution in [0.15, 0.2) is 17.1 Å². The quantitative estimate of drug-likeness (QED) is 0.568. The van der Waals surface area contributed by atoms with Crippen molar-refractivity contribution in [1.29, 1.82) is 0 Å². The molecule has 0 unspecified atom stereocenters. The molecule has 2 fully saturated rings. The minimum absolute atomic E-state index is 0.00365. The number of amides is 4. The lowest BCUT2D eigenvalue weighted by Gasteiger charge is -2.44. The number of hydrogen-bond acceptors (Lipinski definition) is 5. The summed E-state index contributed by atoms with van der Waals surface area (Å²) in [6.45, 7) is 12.4. The smallest absolute Gasteiger partial charge is 0.335 e. The van der Waals surface area contributed by atoms with E-state index in [0.29, 0.717) is 18.7 Å². The van der Waals surface area contributed by atoms with Gasteiger partial charge in [0.05, 0.1) is 11.8 Å². The summed E-state index contributed by atoms with van der Waals surface area (Å²) in [5.74, 6) is -2.42. The molecular formula is C24H33N3O4. The number of urea groups is 1. The van der Waals surface area contributed by atoms with E-state index in [9.17, 15) is 19.5 Å². The topological polar surface area (TPSA) is 99.1 Å². The first-order chi connectivity index (χ1) is 14.3. The molecule has 2 N–H and O–H groups in total. The molecule has 0 spiro atoms. The van der Waals surface area contributed by atoms with E-state index >= 15 is 0 Å². The van der Waals surface area contributed by atoms with Crippen molar-refractivity contribution < 1.29 is 19.5 Å². The molecule has 1 saturated carbocycles. The number of barbiturate groups is 1. The Morgan fingerprint density at radius 1 is 1.13 bits per heavy atom. The van der Waals surface area contributed by atoms with Gasteiger partial charge in [-0.3, -0.25) is 19.9 Å². The number of hydrogen-bond donors (Lipinski definition) is 2. The second kappa shape index (κ2) is 8.19. The van der Waals surface area contributed by atoms with Crippen molar-refractivity contribution in [1.82, 2.24) is 5.32 Å². The predicted octanol–water partition coefficient (Wildman–Crippen LogP) is 3.46. The maximum atomic E-state index is 13.2. The van der Waals surface area contributed by atoms with Crippen molar-refractivity contribution in [3.63, 3.8) is 0 Å². The van der Waals surface area contributed by atoms with Gasteiger partial charge in [-0.25, -0.2) is 9.69 Å². The molecule has 0 radical (unpaired) electrons. The summed E-state index contributed by atoms with van der Waals surface area (Å²) in [5, 5.41) is 12.6. The van der Waals surface area contributed by atoms with Crippen LogP contribution in [0.3, 0.4) is 0 Å². The van der Waals surface area contributed by atoms with E-state index in [-0.39, 0.29) is 16.9 Å². The number of rotatable bonds is 4. The van der Waals surface area contributed by atoms with Gasteiger partial charge in [-0.1, -0.05) is 38.5 Å². The van der Waals surface area contributed by atoms with Gasteiger partial charge >= 0.3 is 6.03 Å². The monoisotopic (exact) mass is 427 g/mol. The fraction of sp³-hybridized carbons (Fsp3) is 0.583. The first-order valence-corrected chi connectivity index (χ1v) is 10.8. The van der Waals surface area contributed by atoms with Crippen molar-refractivity contribution in [2.45, 2.75) is 66.9 Å². The molecule has 7 heteroatoms. The number of aliphatic imine (C=N–C) groups is 1. The van der Waals surface area contributed by atoms with Crippen LogP contribution in [0.1, 0.15) is 56.7 Å². The van der Waals surface area contributed by atoms with Crippen LogP contribution >= 0.6 is 0 Å². The van der Waals surface area contributed by atoms with Gasteiger partial charge in [-0.2, -0.15) is 0 Å². The number of aliphatic hydroxyl groups is 1. The molecule has 4 amide bonds. The zero-order chi connectivity index (χ0) is 23.1. The number of nitrogens with one attached hydrogen (secondary N) is 1. The van der Waals surface area contributed by atoms with Crippen molar-refractivity contribution >= 4 is 29.7 Å². The molecule has 1 aromatic rings. The highest BCUT2D eigenvalue weighted by Crippen LogP contribution is 2.46. The number of benzene rings is 1. The van der Waals surface area contributed by atoms with Crippen molar-refractivity contribution in [2.24, 2.45) is 21.7 Å². The van der Waals surface area contributed by atoms with Gasteiger partial charge in [0.1, 0.15) is 0 Å². The van der Waals surface area contributed by atoms with Crippen LogP contribution in [0.4, 0.5) is 10.5 Å². The molecule has 31 heavy (non-hydrogen) atoms. The number of imide groups is 2. The number of nitrogens with zero attached hydrogens (tertiary/aromatic N) is 2. The lowest BCUT2D eigenvalue weighted by Crippen LogP contribution is -2.59. The molecule has 1 saturated heterocycles. The zero-order valence-corrected chi connectivity index (χ0v) is 19.3.